The lowest BCUT2D eigenvalue weighted by molar-refractivity contribution is -0.126. The van der Waals surface area contributed by atoms with Gasteiger partial charge in [0.25, 0.3) is 0 Å². The van der Waals surface area contributed by atoms with E-state index in [9.17, 15) is 19.2 Å². The van der Waals surface area contributed by atoms with Crippen LogP contribution in [-0.2, 0) is 19.8 Å². The van der Waals surface area contributed by atoms with E-state index in [2.05, 4.69) is 36.4 Å². The van der Waals surface area contributed by atoms with Crippen LogP contribution in [0.5, 0.6) is 0 Å². The van der Waals surface area contributed by atoms with Crippen molar-refractivity contribution in [3.05, 3.63) is 128 Å². The van der Waals surface area contributed by atoms with Crippen molar-refractivity contribution in [2.75, 3.05) is 0 Å². The van der Waals surface area contributed by atoms with E-state index in [4.69, 9.17) is 0 Å². The van der Waals surface area contributed by atoms with Crippen LogP contribution in [0.15, 0.2) is 84.9 Å². The van der Waals surface area contributed by atoms with Crippen LogP contribution in [0.25, 0.3) is 54.6 Å². The summed E-state index contributed by atoms with van der Waals surface area (Å²) in [6, 6.07) is 28.6. The molecular weight excluding hydrogens is 645 g/mol. The first-order chi connectivity index (χ1) is 23.8. The largest absolute Gasteiger partial charge is 0.294 e. The van der Waals surface area contributed by atoms with E-state index in [-0.39, 0.29) is 5.41 Å². The number of aryl methyl sites for hydroxylation is 1. The highest BCUT2D eigenvalue weighted by Crippen LogP contribution is 2.58. The van der Waals surface area contributed by atoms with Gasteiger partial charge in [-0.2, -0.15) is 0 Å². The first-order valence-corrected chi connectivity index (χ1v) is 18.3. The minimum Gasteiger partial charge on any atom is -0.294 e. The number of rotatable bonds is 5. The summed E-state index contributed by atoms with van der Waals surface area (Å²) in [4.78, 5) is 52.0. The van der Waals surface area contributed by atoms with Gasteiger partial charge in [-0.05, 0) is 118 Å². The molecule has 2 aromatic heterocycles. The van der Waals surface area contributed by atoms with Crippen molar-refractivity contribution in [3.8, 4) is 11.1 Å². The Morgan fingerprint density at radius 2 is 1.31 bits per heavy atom. The van der Waals surface area contributed by atoms with Crippen molar-refractivity contribution < 1.29 is 19.2 Å². The van der Waals surface area contributed by atoms with Crippen molar-refractivity contribution in [1.82, 2.24) is 0 Å². The highest BCUT2D eigenvalue weighted by Gasteiger charge is 2.44. The topological polar surface area (TPSA) is 68.3 Å². The fourth-order valence-electron chi connectivity index (χ4n) is 8.36. The van der Waals surface area contributed by atoms with Gasteiger partial charge in [0.1, 0.15) is 0 Å². The van der Waals surface area contributed by atoms with Gasteiger partial charge >= 0.3 is 0 Å². The van der Waals surface area contributed by atoms with Crippen LogP contribution in [0.2, 0.25) is 0 Å². The average Bonchev–Trinajstić information content (AvgIpc) is 3.84. The van der Waals surface area contributed by atoms with Gasteiger partial charge < -0.3 is 0 Å². The van der Waals surface area contributed by atoms with Gasteiger partial charge in [-0.15, -0.1) is 22.7 Å². The Labute approximate surface area is 291 Å². The molecule has 1 spiro atoms. The number of Topliss-reactive ketones (excluding diaryl/α,β-unsaturated/α-hetero) is 3. The third-order valence-electron chi connectivity index (χ3n) is 10.7. The van der Waals surface area contributed by atoms with Crippen LogP contribution >= 0.6 is 22.7 Å². The normalized spacial score (nSPS) is 17.2. The summed E-state index contributed by atoms with van der Waals surface area (Å²) in [5.74, 6) is -1.39. The van der Waals surface area contributed by atoms with E-state index in [1.807, 2.05) is 55.5 Å². The van der Waals surface area contributed by atoms with Crippen LogP contribution in [0.3, 0.4) is 0 Å². The first kappa shape index (κ1) is 30.1. The highest BCUT2D eigenvalue weighted by atomic mass is 32.1. The van der Waals surface area contributed by atoms with E-state index < -0.39 is 17.3 Å². The second kappa shape index (κ2) is 11.3. The Morgan fingerprint density at radius 1 is 0.694 bits per heavy atom. The molecule has 0 saturated heterocycles. The maximum Gasteiger partial charge on any atom is 0.234 e. The molecule has 3 aliphatic rings. The van der Waals surface area contributed by atoms with E-state index >= 15 is 0 Å². The summed E-state index contributed by atoms with van der Waals surface area (Å²) in [6.45, 7) is 1.95. The number of fused-ring (bicyclic) bond motifs is 8. The van der Waals surface area contributed by atoms with Gasteiger partial charge in [0.2, 0.25) is 17.3 Å². The van der Waals surface area contributed by atoms with Crippen LogP contribution in [0.1, 0.15) is 80.0 Å². The van der Waals surface area contributed by atoms with E-state index in [1.165, 1.54) is 41.5 Å². The number of allylic oxidation sites excluding steroid dienone is 2. The number of aldehydes is 1. The molecule has 0 aliphatic heterocycles. The van der Waals surface area contributed by atoms with Crippen molar-refractivity contribution in [2.24, 2.45) is 0 Å². The monoisotopic (exact) mass is 674 g/mol. The maximum atomic E-state index is 12.9. The van der Waals surface area contributed by atoms with E-state index in [0.717, 1.165) is 53.9 Å². The summed E-state index contributed by atoms with van der Waals surface area (Å²) in [5, 5.41) is 2.32. The number of hydrogen-bond donors (Lipinski definition) is 0. The smallest absolute Gasteiger partial charge is 0.234 e. The SMILES string of the molecule is Cc1ccccc1/C(=C/c1cc2cc3c(cc2s1)-c1cc2sc(/C=C4\C(=O)C(=O)c5ccccc54)cc2cc1C31CCCCC1)C(=O)C=O. The molecule has 0 atom stereocenters. The Balaban J connectivity index is 1.18. The van der Waals surface area contributed by atoms with Crippen molar-refractivity contribution >= 4 is 89.8 Å². The molecule has 0 bridgehead atoms. The minimum atomic E-state index is -0.521. The fraction of sp³-hybridized carbons (Fsp3) is 0.163. The average molecular weight is 675 g/mol. The van der Waals surface area contributed by atoms with Crippen LogP contribution in [-0.4, -0.2) is 23.6 Å². The predicted molar refractivity (Wildman–Crippen MR) is 200 cm³/mol. The number of carbonyl (C=O) groups excluding carboxylic acids is 4. The number of hydrogen-bond acceptors (Lipinski definition) is 6. The molecule has 0 unspecified atom stereocenters. The first-order valence-electron chi connectivity index (χ1n) is 16.7. The zero-order valence-corrected chi connectivity index (χ0v) is 28.4. The molecule has 3 aliphatic carbocycles. The summed E-state index contributed by atoms with van der Waals surface area (Å²) in [5.41, 5.74) is 9.06. The summed E-state index contributed by atoms with van der Waals surface area (Å²) in [6.07, 6.45) is 9.94. The molecule has 6 heteroatoms. The summed E-state index contributed by atoms with van der Waals surface area (Å²) >= 11 is 3.29. The van der Waals surface area contributed by atoms with Gasteiger partial charge in [-0.25, -0.2) is 0 Å². The van der Waals surface area contributed by atoms with Crippen molar-refractivity contribution in [2.45, 2.75) is 44.4 Å². The fourth-order valence-corrected chi connectivity index (χ4v) is 10.4. The molecule has 1 saturated carbocycles. The molecule has 0 N–H and O–H groups in total. The highest BCUT2D eigenvalue weighted by molar-refractivity contribution is 7.20. The molecule has 0 amide bonds. The third kappa shape index (κ3) is 4.62. The molecule has 6 aromatic rings. The Kier molecular flexibility index (Phi) is 6.91. The second-order valence-corrected chi connectivity index (χ2v) is 15.7. The molecule has 9 rings (SSSR count). The zero-order valence-electron chi connectivity index (χ0n) is 26.8. The van der Waals surface area contributed by atoms with Gasteiger partial charge in [0, 0.05) is 41.3 Å². The number of carbonyl (C=O) groups is 4. The molecule has 238 valence electrons. The van der Waals surface area contributed by atoms with Gasteiger partial charge in [-0.3, -0.25) is 19.2 Å². The van der Waals surface area contributed by atoms with Gasteiger partial charge in [-0.1, -0.05) is 67.8 Å². The minimum absolute atomic E-state index is 0.0592. The molecule has 1 fully saturated rings. The summed E-state index contributed by atoms with van der Waals surface area (Å²) < 4.78 is 2.30. The lowest BCUT2D eigenvalue weighted by Crippen LogP contribution is -2.28. The van der Waals surface area contributed by atoms with Gasteiger partial charge in [0.05, 0.1) is 0 Å². The number of thiophene rings is 2. The molecule has 4 nitrogen and oxygen atoms in total. The molecular formula is C43H30O4S2. The lowest BCUT2D eigenvalue weighted by Gasteiger charge is -2.36. The van der Waals surface area contributed by atoms with Crippen LogP contribution in [0.4, 0.5) is 0 Å². The summed E-state index contributed by atoms with van der Waals surface area (Å²) in [7, 11) is 0. The zero-order chi connectivity index (χ0) is 33.4. The van der Waals surface area contributed by atoms with Crippen LogP contribution < -0.4 is 0 Å². The maximum absolute atomic E-state index is 12.9. The third-order valence-corrected chi connectivity index (χ3v) is 12.8. The second-order valence-electron chi connectivity index (χ2n) is 13.4. The molecule has 49 heavy (non-hydrogen) atoms. The lowest BCUT2D eigenvalue weighted by atomic mass is 9.67. The molecule has 0 radical (unpaired) electrons. The van der Waals surface area contributed by atoms with E-state index in [1.54, 1.807) is 34.8 Å². The Bertz CT molecular complexity index is 2510. The van der Waals surface area contributed by atoms with Crippen molar-refractivity contribution in [3.63, 3.8) is 0 Å². The molecule has 4 aromatic carbocycles. The predicted octanol–water partition coefficient (Wildman–Crippen LogP) is 10.3. The Hall–Kier alpha value is -5.04. The van der Waals surface area contributed by atoms with Crippen molar-refractivity contribution in [1.29, 1.82) is 0 Å². The molecule has 2 heterocycles. The van der Waals surface area contributed by atoms with E-state index in [0.29, 0.717) is 28.6 Å². The standard InChI is InChI=1S/C43H30O4S2/c1-24-9-3-4-10-29(24)34(38(45)23-44)19-27-15-25-17-36-32(21-39(25)48-27)33-22-40-26(18-37(33)43(36)13-7-2-8-14-43)16-28(49-40)20-35-30-11-5-6-12-31(30)41(46)42(35)47/h3-6,9-12,15-23H,2,7-8,13-14H2,1H3/b34-19-,35-20-. The quantitative estimate of drug-likeness (QED) is 0.104. The number of benzene rings is 4. The van der Waals surface area contributed by atoms with Gasteiger partial charge in [0.15, 0.2) is 6.29 Å². The Morgan fingerprint density at radius 3 is 1.98 bits per heavy atom. The van der Waals surface area contributed by atoms with Crippen LogP contribution in [0, 0.1) is 6.92 Å². The number of ketones is 3.